The molecule has 0 aliphatic heterocycles. The van der Waals surface area contributed by atoms with Crippen molar-refractivity contribution in [3.05, 3.63) is 70.2 Å². The summed E-state index contributed by atoms with van der Waals surface area (Å²) in [7, 11) is 1.57. The van der Waals surface area contributed by atoms with Gasteiger partial charge in [0.1, 0.15) is 0 Å². The Morgan fingerprint density at radius 2 is 1.92 bits per heavy atom. The van der Waals surface area contributed by atoms with E-state index in [4.69, 9.17) is 4.42 Å². The van der Waals surface area contributed by atoms with Gasteiger partial charge in [-0.2, -0.15) is 0 Å². The van der Waals surface area contributed by atoms with Crippen molar-refractivity contribution in [3.8, 4) is 0 Å². The lowest BCUT2D eigenvalue weighted by Gasteiger charge is -2.07. The fourth-order valence-electron chi connectivity index (χ4n) is 2.69. The molecule has 26 heavy (non-hydrogen) atoms. The smallest absolute Gasteiger partial charge is 0.408 e. The van der Waals surface area contributed by atoms with E-state index in [9.17, 15) is 14.4 Å². The summed E-state index contributed by atoms with van der Waals surface area (Å²) in [4.78, 5) is 35.6. The number of aromatic nitrogens is 1. The number of fused-ring (bicyclic) bond motifs is 1. The number of aryl methyl sites for hydroxylation is 1. The second-order valence-corrected chi connectivity index (χ2v) is 5.79. The van der Waals surface area contributed by atoms with E-state index >= 15 is 0 Å². The van der Waals surface area contributed by atoms with E-state index in [1.165, 1.54) is 4.57 Å². The Morgan fingerprint density at radius 3 is 2.73 bits per heavy atom. The number of nitrogens with zero attached hydrogens (tertiary/aromatic N) is 1. The number of oxazole rings is 1. The molecule has 0 saturated carbocycles. The van der Waals surface area contributed by atoms with Gasteiger partial charge in [-0.1, -0.05) is 24.3 Å². The largest absolute Gasteiger partial charge is 0.419 e. The van der Waals surface area contributed by atoms with Gasteiger partial charge in [-0.15, -0.1) is 0 Å². The lowest BCUT2D eigenvalue weighted by atomic mass is 10.1. The lowest BCUT2D eigenvalue weighted by Crippen LogP contribution is -2.26. The van der Waals surface area contributed by atoms with Crippen molar-refractivity contribution < 1.29 is 14.0 Å². The van der Waals surface area contributed by atoms with Crippen LogP contribution in [-0.4, -0.2) is 23.4 Å². The number of para-hydroxylation sites is 2. The number of hydrogen-bond acceptors (Lipinski definition) is 4. The first kappa shape index (κ1) is 17.5. The van der Waals surface area contributed by atoms with Crippen LogP contribution >= 0.6 is 0 Å². The Labute approximate surface area is 149 Å². The molecular weight excluding hydrogens is 334 g/mol. The van der Waals surface area contributed by atoms with Crippen molar-refractivity contribution >= 4 is 22.9 Å². The Kier molecular flexibility index (Phi) is 5.17. The molecule has 2 aromatic carbocycles. The summed E-state index contributed by atoms with van der Waals surface area (Å²) < 4.78 is 6.59. The van der Waals surface area contributed by atoms with Crippen molar-refractivity contribution in [2.75, 3.05) is 7.05 Å². The monoisotopic (exact) mass is 353 g/mol. The van der Waals surface area contributed by atoms with E-state index < -0.39 is 5.76 Å². The highest BCUT2D eigenvalue weighted by molar-refractivity contribution is 5.94. The van der Waals surface area contributed by atoms with Crippen LogP contribution in [0.2, 0.25) is 0 Å². The van der Waals surface area contributed by atoms with Crippen LogP contribution in [0.5, 0.6) is 0 Å². The summed E-state index contributed by atoms with van der Waals surface area (Å²) in [5.41, 5.74) is 2.54. The van der Waals surface area contributed by atoms with Crippen molar-refractivity contribution in [1.82, 2.24) is 15.2 Å². The van der Waals surface area contributed by atoms with Crippen molar-refractivity contribution in [3.63, 3.8) is 0 Å². The van der Waals surface area contributed by atoms with E-state index in [0.717, 1.165) is 5.56 Å². The number of nitrogens with one attached hydrogen (secondary N) is 2. The van der Waals surface area contributed by atoms with Gasteiger partial charge in [0.05, 0.1) is 5.52 Å². The van der Waals surface area contributed by atoms with Crippen LogP contribution in [0.4, 0.5) is 0 Å². The highest BCUT2D eigenvalue weighted by Crippen LogP contribution is 2.12. The van der Waals surface area contributed by atoms with Crippen LogP contribution in [0.15, 0.2) is 57.7 Å². The van der Waals surface area contributed by atoms with Crippen molar-refractivity contribution in [2.24, 2.45) is 0 Å². The molecule has 0 aliphatic rings. The normalized spacial score (nSPS) is 10.7. The number of carbonyl (C=O) groups excluding carboxylic acids is 2. The SMILES string of the molecule is CNC(=O)c1cccc(CNC(=O)CCn2c(=O)oc3ccccc32)c1. The molecule has 0 aliphatic carbocycles. The van der Waals surface area contributed by atoms with E-state index in [1.54, 1.807) is 43.4 Å². The van der Waals surface area contributed by atoms with Gasteiger partial charge in [0.15, 0.2) is 5.58 Å². The van der Waals surface area contributed by atoms with Gasteiger partial charge in [-0.25, -0.2) is 4.79 Å². The zero-order chi connectivity index (χ0) is 18.5. The molecule has 0 atom stereocenters. The van der Waals surface area contributed by atoms with Crippen LogP contribution in [0.1, 0.15) is 22.3 Å². The van der Waals surface area contributed by atoms with Crippen LogP contribution in [0.3, 0.4) is 0 Å². The number of benzene rings is 2. The first-order valence-corrected chi connectivity index (χ1v) is 8.24. The fourth-order valence-corrected chi connectivity index (χ4v) is 2.69. The van der Waals surface area contributed by atoms with E-state index in [0.29, 0.717) is 23.2 Å². The molecule has 7 nitrogen and oxygen atoms in total. The van der Waals surface area contributed by atoms with Crippen LogP contribution < -0.4 is 16.4 Å². The molecule has 0 spiro atoms. The molecule has 2 amide bonds. The maximum absolute atomic E-state index is 12.1. The van der Waals surface area contributed by atoms with E-state index in [-0.39, 0.29) is 24.8 Å². The summed E-state index contributed by atoms with van der Waals surface area (Å²) in [6.45, 7) is 0.546. The maximum Gasteiger partial charge on any atom is 0.419 e. The second-order valence-electron chi connectivity index (χ2n) is 5.79. The zero-order valence-corrected chi connectivity index (χ0v) is 14.3. The number of rotatable bonds is 6. The first-order valence-electron chi connectivity index (χ1n) is 8.24. The topological polar surface area (TPSA) is 93.3 Å². The third kappa shape index (κ3) is 3.83. The van der Waals surface area contributed by atoms with Gasteiger partial charge in [-0.3, -0.25) is 14.2 Å². The Bertz CT molecular complexity index is 1000. The van der Waals surface area contributed by atoms with Gasteiger partial charge in [-0.05, 0) is 29.8 Å². The summed E-state index contributed by atoms with van der Waals surface area (Å²) in [5, 5.41) is 5.36. The molecule has 0 unspecified atom stereocenters. The molecular formula is C19H19N3O4. The lowest BCUT2D eigenvalue weighted by molar-refractivity contribution is -0.121. The van der Waals surface area contributed by atoms with Crippen LogP contribution in [0.25, 0.3) is 11.1 Å². The minimum Gasteiger partial charge on any atom is -0.408 e. The van der Waals surface area contributed by atoms with E-state index in [1.807, 2.05) is 12.1 Å². The number of hydrogen-bond donors (Lipinski definition) is 2. The summed E-state index contributed by atoms with van der Waals surface area (Å²) in [5.74, 6) is -0.839. The molecule has 0 saturated heterocycles. The van der Waals surface area contributed by atoms with Crippen molar-refractivity contribution in [2.45, 2.75) is 19.5 Å². The van der Waals surface area contributed by atoms with E-state index in [2.05, 4.69) is 10.6 Å². The maximum atomic E-state index is 12.1. The molecule has 7 heteroatoms. The Balaban J connectivity index is 1.59. The summed E-state index contributed by atoms with van der Waals surface area (Å²) in [6, 6.07) is 14.1. The van der Waals surface area contributed by atoms with Gasteiger partial charge >= 0.3 is 5.76 Å². The highest BCUT2D eigenvalue weighted by Gasteiger charge is 2.10. The van der Waals surface area contributed by atoms with Gasteiger partial charge in [0.25, 0.3) is 5.91 Å². The molecule has 1 heterocycles. The van der Waals surface area contributed by atoms with Gasteiger partial charge in [0, 0.05) is 32.1 Å². The van der Waals surface area contributed by atoms with Crippen molar-refractivity contribution in [1.29, 1.82) is 0 Å². The molecule has 0 bridgehead atoms. The highest BCUT2D eigenvalue weighted by atomic mass is 16.4. The Hall–Kier alpha value is -3.35. The quantitative estimate of drug-likeness (QED) is 0.705. The molecule has 2 N–H and O–H groups in total. The molecule has 0 fully saturated rings. The summed E-state index contributed by atoms with van der Waals surface area (Å²) in [6.07, 6.45) is 0.151. The second kappa shape index (κ2) is 7.69. The minimum atomic E-state index is -0.475. The Morgan fingerprint density at radius 1 is 1.12 bits per heavy atom. The molecule has 134 valence electrons. The average molecular weight is 353 g/mol. The third-order valence-electron chi connectivity index (χ3n) is 4.04. The molecule has 3 aromatic rings. The standard InChI is InChI=1S/C19H19N3O4/c1-20-18(24)14-6-4-5-13(11-14)12-21-17(23)9-10-22-15-7-2-3-8-16(15)26-19(22)25/h2-8,11H,9-10,12H2,1H3,(H,20,24)(H,21,23). The minimum absolute atomic E-state index is 0.151. The number of amides is 2. The molecule has 3 rings (SSSR count). The zero-order valence-electron chi connectivity index (χ0n) is 14.3. The molecule has 0 radical (unpaired) electrons. The molecule has 1 aromatic heterocycles. The third-order valence-corrected chi connectivity index (χ3v) is 4.04. The summed E-state index contributed by atoms with van der Waals surface area (Å²) >= 11 is 0. The first-order chi connectivity index (χ1) is 12.6. The average Bonchev–Trinajstić information content (AvgIpc) is 2.99. The predicted octanol–water partition coefficient (Wildman–Crippen LogP) is 1.66. The number of carbonyl (C=O) groups is 2. The van der Waals surface area contributed by atoms with Gasteiger partial charge < -0.3 is 15.1 Å². The predicted molar refractivity (Wildman–Crippen MR) is 96.8 cm³/mol. The fraction of sp³-hybridized carbons (Fsp3) is 0.211. The van der Waals surface area contributed by atoms with Crippen LogP contribution in [0, 0.1) is 0 Å². The van der Waals surface area contributed by atoms with Crippen LogP contribution in [-0.2, 0) is 17.9 Å². The van der Waals surface area contributed by atoms with Gasteiger partial charge in [0.2, 0.25) is 5.91 Å².